The van der Waals surface area contributed by atoms with Crippen LogP contribution in [0, 0.1) is 12.4 Å². The fourth-order valence-electron chi connectivity index (χ4n) is 3.72. The van der Waals surface area contributed by atoms with Gasteiger partial charge in [-0.15, -0.1) is 0 Å². The van der Waals surface area contributed by atoms with E-state index in [1.807, 2.05) is 0 Å². The van der Waals surface area contributed by atoms with E-state index in [4.69, 9.17) is 16.8 Å². The highest BCUT2D eigenvalue weighted by Gasteiger charge is 2.45. The summed E-state index contributed by atoms with van der Waals surface area (Å²) in [5.41, 5.74) is 10.9. The van der Waals surface area contributed by atoms with Crippen molar-refractivity contribution in [3.8, 4) is 0 Å². The third-order valence-electron chi connectivity index (χ3n) is 4.98. The van der Waals surface area contributed by atoms with Crippen LogP contribution in [0.5, 0.6) is 0 Å². The van der Waals surface area contributed by atoms with Crippen molar-refractivity contribution in [2.24, 2.45) is 5.11 Å². The summed E-state index contributed by atoms with van der Waals surface area (Å²) in [5.74, 6) is -0.867. The van der Waals surface area contributed by atoms with Crippen molar-refractivity contribution in [2.45, 2.75) is 24.8 Å². The molecule has 1 aliphatic carbocycles. The van der Waals surface area contributed by atoms with Crippen molar-refractivity contribution in [2.75, 3.05) is 13.7 Å². The molecule has 0 aromatic heterocycles. The van der Waals surface area contributed by atoms with Gasteiger partial charge in [0.2, 0.25) is 0 Å². The van der Waals surface area contributed by atoms with Gasteiger partial charge in [-0.25, -0.2) is 15.8 Å². The van der Waals surface area contributed by atoms with Crippen LogP contribution in [0.1, 0.15) is 39.0 Å². The predicted octanol–water partition coefficient (Wildman–Crippen LogP) is 4.57. The van der Waals surface area contributed by atoms with Crippen molar-refractivity contribution >= 4 is 5.97 Å². The molecule has 0 radical (unpaired) electrons. The van der Waals surface area contributed by atoms with Gasteiger partial charge in [-0.3, -0.25) is 4.85 Å². The Morgan fingerprint density at radius 1 is 1.26 bits per heavy atom. The number of carbonyl (C=O) groups excluding carboxylic acids is 1. The van der Waals surface area contributed by atoms with E-state index in [9.17, 15) is 9.18 Å². The highest BCUT2D eigenvalue weighted by atomic mass is 19.1. The van der Waals surface area contributed by atoms with Gasteiger partial charge in [0, 0.05) is 29.0 Å². The molecular weight excluding hydrogens is 347 g/mol. The number of benzene rings is 2. The van der Waals surface area contributed by atoms with Crippen LogP contribution in [0.4, 0.5) is 4.39 Å². The van der Waals surface area contributed by atoms with Gasteiger partial charge in [-0.05, 0) is 59.8 Å². The summed E-state index contributed by atoms with van der Waals surface area (Å²) in [6.45, 7) is 8.06. The quantitative estimate of drug-likeness (QED) is 0.262. The first-order valence-corrected chi connectivity index (χ1v) is 8.46. The summed E-state index contributed by atoms with van der Waals surface area (Å²) < 4.78 is 18.8. The van der Waals surface area contributed by atoms with Gasteiger partial charge in [0.25, 0.3) is 5.54 Å². The van der Waals surface area contributed by atoms with E-state index in [0.717, 1.165) is 11.1 Å². The van der Waals surface area contributed by atoms with Gasteiger partial charge in [-0.1, -0.05) is 11.2 Å². The van der Waals surface area contributed by atoms with Crippen molar-refractivity contribution in [1.29, 1.82) is 0 Å². The zero-order valence-corrected chi connectivity index (χ0v) is 14.8. The van der Waals surface area contributed by atoms with Gasteiger partial charge < -0.3 is 4.74 Å². The highest BCUT2D eigenvalue weighted by Crippen LogP contribution is 2.44. The van der Waals surface area contributed by atoms with Crippen LogP contribution in [0.25, 0.3) is 15.3 Å². The molecule has 0 saturated heterocycles. The Morgan fingerprint density at radius 3 is 2.74 bits per heavy atom. The molecule has 2 aromatic carbocycles. The van der Waals surface area contributed by atoms with Gasteiger partial charge >= 0.3 is 5.97 Å². The molecule has 0 bridgehead atoms. The monoisotopic (exact) mass is 364 g/mol. The van der Waals surface area contributed by atoms with Gasteiger partial charge in [-0.2, -0.15) is 0 Å². The number of ether oxygens (including phenoxy) is 1. The van der Waals surface area contributed by atoms with E-state index < -0.39 is 17.3 Å². The number of fused-ring (bicyclic) bond motifs is 2. The molecular formula is C20H17FN4O2. The molecule has 1 atom stereocenters. The first-order chi connectivity index (χ1) is 13.1. The summed E-state index contributed by atoms with van der Waals surface area (Å²) in [6.07, 6.45) is 1.45. The number of methoxy groups -OCH3 is 1. The first kappa shape index (κ1) is 18.4. The Balaban J connectivity index is 2.25. The molecule has 2 aromatic rings. The van der Waals surface area contributed by atoms with E-state index in [-0.39, 0.29) is 13.0 Å². The minimum absolute atomic E-state index is 0.104. The number of halogens is 1. The Hall–Kier alpha value is -3.36. The maximum atomic E-state index is 14.0. The number of azide groups is 1. The van der Waals surface area contributed by atoms with Gasteiger partial charge in [0.1, 0.15) is 5.82 Å². The lowest BCUT2D eigenvalue weighted by Gasteiger charge is -2.24. The molecule has 0 heterocycles. The number of hydrogen-bond acceptors (Lipinski definition) is 3. The fourth-order valence-corrected chi connectivity index (χ4v) is 3.72. The van der Waals surface area contributed by atoms with E-state index >= 15 is 0 Å². The number of esters is 1. The normalized spacial score (nSPS) is 17.5. The van der Waals surface area contributed by atoms with Crippen molar-refractivity contribution in [3.05, 3.63) is 91.9 Å². The number of carbonyl (C=O) groups is 1. The fraction of sp³-hybridized carbons (Fsp3) is 0.300. The maximum Gasteiger partial charge on any atom is 0.337 e. The lowest BCUT2D eigenvalue weighted by molar-refractivity contribution is 0.0600. The van der Waals surface area contributed by atoms with Crippen LogP contribution in [0.2, 0.25) is 0 Å². The topological polar surface area (TPSA) is 79.4 Å². The molecule has 6 nitrogen and oxygen atoms in total. The minimum Gasteiger partial charge on any atom is -0.465 e. The molecule has 0 N–H and O–H groups in total. The van der Waals surface area contributed by atoms with Crippen LogP contribution >= 0.6 is 0 Å². The molecule has 0 amide bonds. The second-order valence-electron chi connectivity index (χ2n) is 6.34. The molecule has 0 aliphatic heterocycles. The third kappa shape index (κ3) is 3.23. The molecule has 7 heteroatoms. The number of nitrogens with zero attached hydrogens (tertiary/aromatic N) is 4. The third-order valence-corrected chi connectivity index (χ3v) is 4.98. The summed E-state index contributed by atoms with van der Waals surface area (Å²) >= 11 is 0. The van der Waals surface area contributed by atoms with Crippen molar-refractivity contribution < 1.29 is 13.9 Å². The summed E-state index contributed by atoms with van der Waals surface area (Å²) in [5, 5.41) is 3.59. The zero-order valence-electron chi connectivity index (χ0n) is 14.8. The van der Waals surface area contributed by atoms with Gasteiger partial charge in [0.15, 0.2) is 0 Å². The average molecular weight is 364 g/mol. The second-order valence-corrected chi connectivity index (χ2v) is 6.34. The van der Waals surface area contributed by atoms with E-state index in [2.05, 4.69) is 14.9 Å². The second kappa shape index (κ2) is 7.48. The largest absolute Gasteiger partial charge is 0.465 e. The van der Waals surface area contributed by atoms with Crippen LogP contribution in [-0.2, 0) is 23.1 Å². The Kier molecular flexibility index (Phi) is 5.11. The van der Waals surface area contributed by atoms with Gasteiger partial charge in [0.05, 0.1) is 12.7 Å². The minimum atomic E-state index is -1.17. The number of aryl methyl sites for hydroxylation is 2. The molecule has 3 rings (SSSR count). The Labute approximate surface area is 156 Å². The predicted molar refractivity (Wildman–Crippen MR) is 97.6 cm³/mol. The van der Waals surface area contributed by atoms with Crippen molar-refractivity contribution in [3.63, 3.8) is 0 Å². The van der Waals surface area contributed by atoms with Crippen LogP contribution in [0.15, 0.2) is 41.5 Å². The Morgan fingerprint density at radius 2 is 2.04 bits per heavy atom. The highest BCUT2D eigenvalue weighted by molar-refractivity contribution is 5.89. The molecule has 27 heavy (non-hydrogen) atoms. The van der Waals surface area contributed by atoms with E-state index in [0.29, 0.717) is 29.5 Å². The van der Waals surface area contributed by atoms with Crippen LogP contribution in [-0.4, -0.2) is 19.6 Å². The average Bonchev–Trinajstić information content (AvgIpc) is 2.82. The Bertz CT molecular complexity index is 992. The SMILES string of the molecule is [C-]#[N+]C1(CCN=[N+]=[N-])c2ccc(C(=O)OC)cc2CCc2ccc(F)cc21. The standard InChI is InChI=1S/C20H17FN4O2/c1-23-20(9-10-24-25-22)17-8-6-15(19(26)27-2)11-14(17)4-3-13-5-7-16(21)12-18(13)20/h5-8,11-12H,3-4,9-10H2,2H3. The number of rotatable bonds is 4. The lowest BCUT2D eigenvalue weighted by atomic mass is 9.78. The molecule has 1 aliphatic rings. The molecule has 136 valence electrons. The van der Waals surface area contributed by atoms with Crippen molar-refractivity contribution in [1.82, 2.24) is 0 Å². The van der Waals surface area contributed by atoms with Crippen LogP contribution < -0.4 is 0 Å². The summed E-state index contributed by atoms with van der Waals surface area (Å²) in [7, 11) is 1.32. The van der Waals surface area contributed by atoms with E-state index in [1.165, 1.54) is 19.2 Å². The molecule has 1 unspecified atom stereocenters. The smallest absolute Gasteiger partial charge is 0.337 e. The first-order valence-electron chi connectivity index (χ1n) is 8.46. The molecule has 0 spiro atoms. The molecule has 0 saturated carbocycles. The maximum absolute atomic E-state index is 14.0. The number of hydrogen-bond donors (Lipinski definition) is 0. The zero-order chi connectivity index (χ0) is 19.4. The lowest BCUT2D eigenvalue weighted by Crippen LogP contribution is -2.26. The molecule has 0 fully saturated rings. The summed E-state index contributed by atoms with van der Waals surface area (Å²) in [6, 6.07) is 9.56. The van der Waals surface area contributed by atoms with E-state index in [1.54, 1.807) is 24.3 Å². The summed E-state index contributed by atoms with van der Waals surface area (Å²) in [4.78, 5) is 18.6. The van der Waals surface area contributed by atoms with Crippen LogP contribution in [0.3, 0.4) is 0 Å².